The van der Waals surface area contributed by atoms with Crippen LogP contribution in [0.25, 0.3) is 0 Å². The largest absolute Gasteiger partial charge is 0.492 e. The van der Waals surface area contributed by atoms with E-state index < -0.39 is 26.7 Å². The van der Waals surface area contributed by atoms with E-state index >= 15 is 0 Å². The van der Waals surface area contributed by atoms with E-state index in [-0.39, 0.29) is 24.7 Å². The quantitative estimate of drug-likeness (QED) is 0.431. The number of pyridine rings is 1. The normalized spacial score (nSPS) is 11.4. The predicted octanol–water partition coefficient (Wildman–Crippen LogP) is 5.12. The van der Waals surface area contributed by atoms with Crippen molar-refractivity contribution in [3.05, 3.63) is 78.1 Å². The fourth-order valence-electron chi connectivity index (χ4n) is 2.87. The summed E-state index contributed by atoms with van der Waals surface area (Å²) in [6.07, 6.45) is -1.49. The highest BCUT2D eigenvalue weighted by molar-refractivity contribution is 7.92. The summed E-state index contributed by atoms with van der Waals surface area (Å²) in [5.41, 5.74) is 0.434. The number of alkyl halides is 3. The lowest BCUT2D eigenvalue weighted by Crippen LogP contribution is -2.19. The van der Waals surface area contributed by atoms with Gasteiger partial charge in [0.05, 0.1) is 16.1 Å². The molecule has 1 heterocycles. The Balaban J connectivity index is 0.00000363. The zero-order valence-corrected chi connectivity index (χ0v) is 18.5. The van der Waals surface area contributed by atoms with E-state index in [1.165, 1.54) is 18.2 Å². The molecule has 0 amide bonds. The van der Waals surface area contributed by atoms with Gasteiger partial charge in [0.2, 0.25) is 0 Å². The molecule has 6 nitrogen and oxygen atoms in total. The molecule has 2 N–H and O–H groups in total. The molecule has 0 unspecified atom stereocenters. The standard InChI is InChI=1S/C21H20F3N3O3S.ClH/c1-15-12-17(14-18(13-15)30-11-10-26-16-6-8-25-9-7-16)27-31(28,29)20-5-3-2-4-19(20)21(22,23)24;/h2-9,12-14,27H,10-11H2,1H3,(H,25,26);1H. The number of nitrogens with zero attached hydrogens (tertiary/aromatic N) is 1. The molecule has 0 radical (unpaired) electrons. The molecule has 3 rings (SSSR count). The van der Waals surface area contributed by atoms with Gasteiger partial charge >= 0.3 is 6.18 Å². The Morgan fingerprint density at radius 2 is 1.69 bits per heavy atom. The summed E-state index contributed by atoms with van der Waals surface area (Å²) in [5.74, 6) is 0.387. The second-order valence-electron chi connectivity index (χ2n) is 6.65. The topological polar surface area (TPSA) is 80.3 Å². The third-order valence-corrected chi connectivity index (χ3v) is 5.60. The maximum Gasteiger partial charge on any atom is 0.417 e. The number of nitrogens with one attached hydrogen (secondary N) is 2. The number of halogens is 4. The summed E-state index contributed by atoms with van der Waals surface area (Å²) in [6.45, 7) is 2.50. The Kier molecular flexibility index (Phi) is 8.34. The van der Waals surface area contributed by atoms with Gasteiger partial charge in [-0.15, -0.1) is 12.4 Å². The molecule has 0 aliphatic rings. The molecule has 0 bridgehead atoms. The highest BCUT2D eigenvalue weighted by Crippen LogP contribution is 2.35. The molecule has 0 spiro atoms. The molecule has 1 aromatic heterocycles. The molecule has 0 atom stereocenters. The minimum atomic E-state index is -4.80. The zero-order chi connectivity index (χ0) is 22.5. The molecule has 172 valence electrons. The maximum absolute atomic E-state index is 13.2. The lowest BCUT2D eigenvalue weighted by molar-refractivity contribution is -0.139. The number of aryl methyl sites for hydroxylation is 1. The van der Waals surface area contributed by atoms with Gasteiger partial charge in [-0.2, -0.15) is 13.2 Å². The molecule has 0 saturated carbocycles. The summed E-state index contributed by atoms with van der Waals surface area (Å²) in [4.78, 5) is 3.08. The summed E-state index contributed by atoms with van der Waals surface area (Å²) < 4.78 is 72.8. The predicted molar refractivity (Wildman–Crippen MR) is 119 cm³/mol. The number of hydrogen-bond donors (Lipinski definition) is 2. The lowest BCUT2D eigenvalue weighted by Gasteiger charge is -2.15. The molecule has 0 fully saturated rings. The fourth-order valence-corrected chi connectivity index (χ4v) is 4.14. The smallest absolute Gasteiger partial charge is 0.417 e. The van der Waals surface area contributed by atoms with Crippen LogP contribution in [0.15, 0.2) is 71.9 Å². The van der Waals surface area contributed by atoms with Crippen molar-refractivity contribution in [1.82, 2.24) is 4.98 Å². The third kappa shape index (κ3) is 6.76. The van der Waals surface area contributed by atoms with Crippen LogP contribution >= 0.6 is 12.4 Å². The van der Waals surface area contributed by atoms with Gasteiger partial charge < -0.3 is 10.1 Å². The molecular weight excluding hydrogens is 467 g/mol. The molecule has 0 saturated heterocycles. The average molecular weight is 488 g/mol. The molecule has 3 aromatic rings. The average Bonchev–Trinajstić information content (AvgIpc) is 2.71. The Morgan fingerprint density at radius 1 is 1.00 bits per heavy atom. The summed E-state index contributed by atoms with van der Waals surface area (Å²) in [6, 6.07) is 12.3. The second kappa shape index (κ2) is 10.6. The van der Waals surface area contributed by atoms with Gasteiger partial charge in [-0.1, -0.05) is 12.1 Å². The van der Waals surface area contributed by atoms with Gasteiger partial charge in [-0.3, -0.25) is 9.71 Å². The van der Waals surface area contributed by atoms with Crippen molar-refractivity contribution < 1.29 is 26.3 Å². The number of anilines is 2. The molecule has 32 heavy (non-hydrogen) atoms. The van der Waals surface area contributed by atoms with Gasteiger partial charge in [-0.25, -0.2) is 8.42 Å². The Hall–Kier alpha value is -2.98. The van der Waals surface area contributed by atoms with Crippen molar-refractivity contribution in [3.63, 3.8) is 0 Å². The first-order valence-electron chi connectivity index (χ1n) is 9.22. The van der Waals surface area contributed by atoms with E-state index in [0.29, 0.717) is 17.9 Å². The van der Waals surface area contributed by atoms with Crippen LogP contribution in [-0.4, -0.2) is 26.6 Å². The van der Waals surface area contributed by atoms with Gasteiger partial charge in [0.25, 0.3) is 10.0 Å². The van der Waals surface area contributed by atoms with E-state index in [9.17, 15) is 21.6 Å². The van der Waals surface area contributed by atoms with Gasteiger partial charge in [-0.05, 0) is 48.9 Å². The number of sulfonamides is 1. The van der Waals surface area contributed by atoms with Crippen LogP contribution in [0, 0.1) is 6.92 Å². The molecule has 0 aliphatic carbocycles. The number of aromatic nitrogens is 1. The number of ether oxygens (including phenoxy) is 1. The Morgan fingerprint density at radius 3 is 2.38 bits per heavy atom. The second-order valence-corrected chi connectivity index (χ2v) is 8.30. The van der Waals surface area contributed by atoms with Crippen LogP contribution in [-0.2, 0) is 16.2 Å². The van der Waals surface area contributed by atoms with E-state index in [1.54, 1.807) is 37.5 Å². The summed E-state index contributed by atoms with van der Waals surface area (Å²) in [5, 5.41) is 3.14. The minimum Gasteiger partial charge on any atom is -0.492 e. The van der Waals surface area contributed by atoms with E-state index in [4.69, 9.17) is 4.74 Å². The Labute approximate surface area is 190 Å². The first-order chi connectivity index (χ1) is 14.6. The molecular formula is C21H21ClF3N3O3S. The minimum absolute atomic E-state index is 0. The first kappa shape index (κ1) is 25.3. The van der Waals surface area contributed by atoms with Crippen LogP contribution in [0.2, 0.25) is 0 Å². The van der Waals surface area contributed by atoms with Crippen LogP contribution in [0.4, 0.5) is 24.5 Å². The van der Waals surface area contributed by atoms with E-state index in [2.05, 4.69) is 15.0 Å². The Bertz CT molecular complexity index is 1140. The van der Waals surface area contributed by atoms with Crippen LogP contribution in [0.3, 0.4) is 0 Å². The van der Waals surface area contributed by atoms with Crippen molar-refractivity contribution in [2.75, 3.05) is 23.2 Å². The van der Waals surface area contributed by atoms with Crippen LogP contribution in [0.1, 0.15) is 11.1 Å². The summed E-state index contributed by atoms with van der Waals surface area (Å²) >= 11 is 0. The first-order valence-corrected chi connectivity index (χ1v) is 10.7. The van der Waals surface area contributed by atoms with Crippen molar-refractivity contribution >= 4 is 33.8 Å². The monoisotopic (exact) mass is 487 g/mol. The van der Waals surface area contributed by atoms with Crippen LogP contribution < -0.4 is 14.8 Å². The highest BCUT2D eigenvalue weighted by Gasteiger charge is 2.36. The SMILES string of the molecule is Cc1cc(NS(=O)(=O)c2ccccc2C(F)(F)F)cc(OCCNc2ccncc2)c1.Cl. The van der Waals surface area contributed by atoms with Crippen molar-refractivity contribution in [2.24, 2.45) is 0 Å². The fraction of sp³-hybridized carbons (Fsp3) is 0.190. The molecule has 0 aliphatic heterocycles. The molecule has 2 aromatic carbocycles. The summed E-state index contributed by atoms with van der Waals surface area (Å²) in [7, 11) is -4.47. The van der Waals surface area contributed by atoms with Crippen molar-refractivity contribution in [1.29, 1.82) is 0 Å². The third-order valence-electron chi connectivity index (χ3n) is 4.17. The van der Waals surface area contributed by atoms with Gasteiger partial charge in [0.1, 0.15) is 12.4 Å². The van der Waals surface area contributed by atoms with Crippen molar-refractivity contribution in [3.8, 4) is 5.75 Å². The maximum atomic E-state index is 13.2. The zero-order valence-electron chi connectivity index (χ0n) is 16.9. The number of hydrogen-bond acceptors (Lipinski definition) is 5. The van der Waals surface area contributed by atoms with E-state index in [0.717, 1.165) is 23.9 Å². The lowest BCUT2D eigenvalue weighted by atomic mass is 10.2. The van der Waals surface area contributed by atoms with Crippen LogP contribution in [0.5, 0.6) is 5.75 Å². The number of benzene rings is 2. The van der Waals surface area contributed by atoms with Gasteiger partial charge in [0.15, 0.2) is 0 Å². The van der Waals surface area contributed by atoms with E-state index in [1.807, 2.05) is 0 Å². The number of rotatable bonds is 8. The van der Waals surface area contributed by atoms with Crippen molar-refractivity contribution in [2.45, 2.75) is 18.0 Å². The molecule has 11 heteroatoms. The van der Waals surface area contributed by atoms with Gasteiger partial charge in [0, 0.05) is 30.7 Å². The highest BCUT2D eigenvalue weighted by atomic mass is 35.5.